The van der Waals surface area contributed by atoms with Gasteiger partial charge in [-0.1, -0.05) is 23.2 Å². The molecular formula is C10H9Cl2NO2. The summed E-state index contributed by atoms with van der Waals surface area (Å²) in [4.78, 5) is 14.7. The van der Waals surface area contributed by atoms with Gasteiger partial charge in [-0.3, -0.25) is 4.79 Å². The van der Waals surface area contributed by atoms with E-state index in [1.807, 2.05) is 0 Å². The molecule has 1 aromatic rings. The van der Waals surface area contributed by atoms with Crippen LogP contribution in [0.15, 0.2) is 12.3 Å². The minimum atomic E-state index is -0.807. The lowest BCUT2D eigenvalue weighted by Crippen LogP contribution is -2.13. The first-order valence-electron chi connectivity index (χ1n) is 4.57. The second-order valence-corrected chi connectivity index (χ2v) is 4.63. The van der Waals surface area contributed by atoms with E-state index >= 15 is 0 Å². The summed E-state index contributed by atoms with van der Waals surface area (Å²) >= 11 is 11.7. The van der Waals surface area contributed by atoms with E-state index in [2.05, 4.69) is 4.98 Å². The van der Waals surface area contributed by atoms with E-state index in [0.29, 0.717) is 10.2 Å². The number of hydrogen-bond acceptors (Lipinski definition) is 2. The van der Waals surface area contributed by atoms with Crippen molar-refractivity contribution in [1.29, 1.82) is 0 Å². The second-order valence-electron chi connectivity index (χ2n) is 3.84. The van der Waals surface area contributed by atoms with Crippen LogP contribution >= 0.6 is 23.2 Å². The minimum Gasteiger partial charge on any atom is -0.481 e. The summed E-state index contributed by atoms with van der Waals surface area (Å²) in [5, 5.41) is 9.64. The molecule has 0 aromatic carbocycles. The van der Waals surface area contributed by atoms with Crippen molar-refractivity contribution in [1.82, 2.24) is 4.98 Å². The van der Waals surface area contributed by atoms with Gasteiger partial charge in [0.2, 0.25) is 0 Å². The molecule has 1 N–H and O–H groups in total. The highest BCUT2D eigenvalue weighted by molar-refractivity contribution is 6.34. The number of rotatable bonds is 3. The lowest BCUT2D eigenvalue weighted by Gasteiger charge is -2.14. The van der Waals surface area contributed by atoms with Crippen LogP contribution in [0.1, 0.15) is 24.8 Å². The average Bonchev–Trinajstić information content (AvgIpc) is 2.83. The third-order valence-corrected chi connectivity index (χ3v) is 3.25. The molecule has 0 amide bonds. The molecular weight excluding hydrogens is 237 g/mol. The maximum Gasteiger partial charge on any atom is 0.304 e. The van der Waals surface area contributed by atoms with Crippen LogP contribution in [0, 0.1) is 0 Å². The smallest absolute Gasteiger partial charge is 0.304 e. The fraction of sp³-hybridized carbons (Fsp3) is 0.400. The monoisotopic (exact) mass is 245 g/mol. The fourth-order valence-corrected chi connectivity index (χ4v) is 2.35. The van der Waals surface area contributed by atoms with Gasteiger partial charge in [0.05, 0.1) is 6.42 Å². The van der Waals surface area contributed by atoms with Gasteiger partial charge in [0.25, 0.3) is 0 Å². The quantitative estimate of drug-likeness (QED) is 0.834. The first kappa shape index (κ1) is 10.7. The summed E-state index contributed by atoms with van der Waals surface area (Å²) in [5.41, 5.74) is 0.497. The summed E-state index contributed by atoms with van der Waals surface area (Å²) in [7, 11) is 0. The van der Waals surface area contributed by atoms with Gasteiger partial charge in [0.15, 0.2) is 0 Å². The van der Waals surface area contributed by atoms with Crippen LogP contribution in [-0.4, -0.2) is 16.1 Å². The van der Waals surface area contributed by atoms with Crippen LogP contribution in [0.4, 0.5) is 0 Å². The van der Waals surface area contributed by atoms with Crippen LogP contribution in [0.3, 0.4) is 0 Å². The first-order valence-corrected chi connectivity index (χ1v) is 5.32. The molecule has 80 valence electrons. The third kappa shape index (κ3) is 2.08. The molecule has 5 heteroatoms. The molecule has 1 fully saturated rings. The second kappa shape index (κ2) is 3.65. The van der Waals surface area contributed by atoms with Crippen LogP contribution < -0.4 is 0 Å². The van der Waals surface area contributed by atoms with E-state index < -0.39 is 5.97 Å². The van der Waals surface area contributed by atoms with Crippen molar-refractivity contribution in [3.63, 3.8) is 0 Å². The summed E-state index contributed by atoms with van der Waals surface area (Å²) in [6, 6.07) is 1.56. The Bertz CT molecular complexity index is 416. The van der Waals surface area contributed by atoms with Crippen molar-refractivity contribution in [3.8, 4) is 0 Å². The fourth-order valence-electron chi connectivity index (χ4n) is 1.78. The van der Waals surface area contributed by atoms with Crippen LogP contribution in [-0.2, 0) is 10.2 Å². The van der Waals surface area contributed by atoms with E-state index in [9.17, 15) is 4.79 Å². The molecule has 0 unspecified atom stereocenters. The summed E-state index contributed by atoms with van der Waals surface area (Å²) in [6.07, 6.45) is 3.39. The Kier molecular flexibility index (Phi) is 2.61. The largest absolute Gasteiger partial charge is 0.481 e. The van der Waals surface area contributed by atoms with Crippen molar-refractivity contribution >= 4 is 29.2 Å². The number of pyridine rings is 1. The molecule has 0 bridgehead atoms. The average molecular weight is 246 g/mol. The van der Waals surface area contributed by atoms with E-state index in [1.165, 1.54) is 0 Å². The molecule has 1 heterocycles. The van der Waals surface area contributed by atoms with Crippen molar-refractivity contribution in [2.24, 2.45) is 0 Å². The van der Waals surface area contributed by atoms with Crippen LogP contribution in [0.25, 0.3) is 0 Å². The highest BCUT2D eigenvalue weighted by atomic mass is 35.5. The Balaban J connectivity index is 2.33. The van der Waals surface area contributed by atoms with Crippen molar-refractivity contribution in [3.05, 3.63) is 28.0 Å². The van der Waals surface area contributed by atoms with E-state index in [1.54, 1.807) is 12.3 Å². The first-order chi connectivity index (χ1) is 7.03. The Hall–Kier alpha value is -0.800. The standard InChI is InChI=1S/C10H9Cl2NO2/c11-7-3-8(12)13-5-6(7)10(1-2-10)4-9(14)15/h3,5H,1-2,4H2,(H,14,15). The van der Waals surface area contributed by atoms with Crippen molar-refractivity contribution < 1.29 is 9.90 Å². The molecule has 3 nitrogen and oxygen atoms in total. The number of carbonyl (C=O) groups is 1. The van der Waals surface area contributed by atoms with Gasteiger partial charge < -0.3 is 5.11 Å². The number of carboxylic acids is 1. The Morgan fingerprint density at radius 3 is 2.67 bits per heavy atom. The molecule has 1 saturated carbocycles. The summed E-state index contributed by atoms with van der Waals surface area (Å²) in [5.74, 6) is -0.807. The predicted molar refractivity (Wildman–Crippen MR) is 57.4 cm³/mol. The zero-order valence-corrected chi connectivity index (χ0v) is 9.35. The van der Waals surface area contributed by atoms with Gasteiger partial charge in [-0.05, 0) is 24.5 Å². The maximum absolute atomic E-state index is 10.7. The summed E-state index contributed by atoms with van der Waals surface area (Å²) in [6.45, 7) is 0. The molecule has 0 saturated heterocycles. The molecule has 0 radical (unpaired) electrons. The van der Waals surface area contributed by atoms with E-state index in [4.69, 9.17) is 28.3 Å². The number of carboxylic acid groups (broad SMARTS) is 1. The molecule has 2 rings (SSSR count). The number of aromatic nitrogens is 1. The molecule has 0 spiro atoms. The zero-order chi connectivity index (χ0) is 11.1. The normalized spacial score (nSPS) is 17.5. The summed E-state index contributed by atoms with van der Waals surface area (Å²) < 4.78 is 0. The number of nitrogens with zero attached hydrogens (tertiary/aromatic N) is 1. The third-order valence-electron chi connectivity index (χ3n) is 2.73. The highest BCUT2D eigenvalue weighted by Crippen LogP contribution is 2.52. The Morgan fingerprint density at radius 2 is 2.20 bits per heavy atom. The molecule has 0 aliphatic heterocycles. The predicted octanol–water partition coefficient (Wildman–Crippen LogP) is 2.89. The van der Waals surface area contributed by atoms with Gasteiger partial charge in [-0.25, -0.2) is 4.98 Å². The number of aliphatic carboxylic acids is 1. The highest BCUT2D eigenvalue weighted by Gasteiger charge is 2.47. The van der Waals surface area contributed by atoms with Gasteiger partial charge in [0.1, 0.15) is 5.15 Å². The van der Waals surface area contributed by atoms with Gasteiger partial charge in [0, 0.05) is 16.6 Å². The van der Waals surface area contributed by atoms with Gasteiger partial charge in [-0.2, -0.15) is 0 Å². The zero-order valence-electron chi connectivity index (χ0n) is 7.83. The molecule has 1 aromatic heterocycles. The SMILES string of the molecule is O=C(O)CC1(c2cnc(Cl)cc2Cl)CC1. The van der Waals surface area contributed by atoms with E-state index in [0.717, 1.165) is 18.4 Å². The van der Waals surface area contributed by atoms with Crippen molar-refractivity contribution in [2.45, 2.75) is 24.7 Å². The Labute approximate surface area is 97.0 Å². The van der Waals surface area contributed by atoms with E-state index in [-0.39, 0.29) is 11.8 Å². The van der Waals surface area contributed by atoms with Crippen molar-refractivity contribution in [2.75, 3.05) is 0 Å². The molecule has 1 aliphatic rings. The molecule has 1 aliphatic carbocycles. The van der Waals surface area contributed by atoms with Gasteiger partial charge >= 0.3 is 5.97 Å². The molecule has 15 heavy (non-hydrogen) atoms. The topological polar surface area (TPSA) is 50.2 Å². The van der Waals surface area contributed by atoms with Gasteiger partial charge in [-0.15, -0.1) is 0 Å². The Morgan fingerprint density at radius 1 is 1.53 bits per heavy atom. The number of hydrogen-bond donors (Lipinski definition) is 1. The van der Waals surface area contributed by atoms with Crippen LogP contribution in [0.5, 0.6) is 0 Å². The lowest BCUT2D eigenvalue weighted by molar-refractivity contribution is -0.137. The lowest BCUT2D eigenvalue weighted by atomic mass is 9.94. The van der Waals surface area contributed by atoms with Crippen LogP contribution in [0.2, 0.25) is 10.2 Å². The number of halogens is 2. The molecule has 0 atom stereocenters. The maximum atomic E-state index is 10.7. The minimum absolute atomic E-state index is 0.107.